The van der Waals surface area contributed by atoms with Gasteiger partial charge in [-0.2, -0.15) is 0 Å². The van der Waals surface area contributed by atoms with Gasteiger partial charge in [0.1, 0.15) is 39.8 Å². The molecule has 4 aromatic rings. The number of rotatable bonds is 13. The first kappa shape index (κ1) is 47.2. The van der Waals surface area contributed by atoms with E-state index in [0.717, 1.165) is 30.8 Å². The van der Waals surface area contributed by atoms with Gasteiger partial charge in [0, 0.05) is 54.2 Å². The molecule has 0 bridgehead atoms. The highest BCUT2D eigenvalue weighted by atomic mass is 32.2. The fourth-order valence-corrected chi connectivity index (χ4v) is 10.7. The molecule has 2 aliphatic heterocycles. The van der Waals surface area contributed by atoms with Crippen LogP contribution in [0.15, 0.2) is 71.0 Å². The van der Waals surface area contributed by atoms with Crippen LogP contribution in [0.4, 0.5) is 10.8 Å². The fourth-order valence-electron chi connectivity index (χ4n) is 8.60. The minimum atomic E-state index is -4.39. The molecular formula is C47H59N7O9S2. The quantitative estimate of drug-likeness (QED) is 0.0816. The molecule has 2 aromatic heterocycles. The maximum atomic E-state index is 14.8. The zero-order valence-electron chi connectivity index (χ0n) is 37.7. The van der Waals surface area contributed by atoms with Crippen LogP contribution in [0.3, 0.4) is 0 Å². The highest BCUT2D eigenvalue weighted by molar-refractivity contribution is 7.90. The van der Waals surface area contributed by atoms with Gasteiger partial charge in [-0.25, -0.2) is 23.1 Å². The molecule has 0 spiro atoms. The standard InChI is InChI=1S/C47H59N7O9S2/c1-28(2)20-30(44(57)62-6)21-42(55)54-26-33(63-40-24-37(38-27-64-46(51-38)49-29(3)4)50-36-22-32(61-5)17-18-34(36)40)23-39(54)43(56)52-47-25-31(47)14-10-8-7-9-13-19-48-35-15-11-12-16-41(35)65(59,60)53-45(47)58/h10-12,14-18,22,24,27-31,33,39,48H,7-9,13,19-21,23,25-26H2,1-6H3,(H,49,51)(H,52,56)(H,53,58)/t30-,31-,33-,39+,47-/m1/s1. The van der Waals surface area contributed by atoms with E-state index in [-0.39, 0.29) is 42.7 Å². The Morgan fingerprint density at radius 1 is 1.02 bits per heavy atom. The summed E-state index contributed by atoms with van der Waals surface area (Å²) in [5.74, 6) is -2.70. The number of carbonyl (C=O) groups excluding carboxylic acids is 4. The number of carbonyl (C=O) groups is 4. The van der Waals surface area contributed by atoms with Gasteiger partial charge in [0.2, 0.25) is 11.8 Å². The first-order valence-corrected chi connectivity index (χ1v) is 24.6. The molecule has 16 nitrogen and oxygen atoms in total. The topological polar surface area (TPSA) is 207 Å². The maximum absolute atomic E-state index is 14.8. The van der Waals surface area contributed by atoms with Crippen molar-refractivity contribution >= 4 is 66.8 Å². The molecule has 1 saturated heterocycles. The Bertz CT molecular complexity index is 2550. The minimum absolute atomic E-state index is 0.0225. The van der Waals surface area contributed by atoms with Crippen LogP contribution in [0, 0.1) is 17.8 Å². The van der Waals surface area contributed by atoms with Gasteiger partial charge in [0.05, 0.1) is 43.6 Å². The molecular weight excluding hydrogens is 871 g/mol. The molecule has 2 fully saturated rings. The molecule has 0 unspecified atom stereocenters. The van der Waals surface area contributed by atoms with Crippen molar-refractivity contribution in [3.63, 3.8) is 0 Å². The number of nitrogens with one attached hydrogen (secondary N) is 4. The Labute approximate surface area is 384 Å². The second-order valence-corrected chi connectivity index (χ2v) is 20.2. The number of allylic oxidation sites excluding steroid dienone is 1. The lowest BCUT2D eigenvalue weighted by Crippen LogP contribution is -2.56. The average molecular weight is 930 g/mol. The number of hydrogen-bond donors (Lipinski definition) is 4. The average Bonchev–Trinajstić information content (AvgIpc) is 3.53. The van der Waals surface area contributed by atoms with Crippen LogP contribution in [-0.4, -0.2) is 98.0 Å². The van der Waals surface area contributed by atoms with Crippen molar-refractivity contribution in [1.82, 2.24) is 24.9 Å². The van der Waals surface area contributed by atoms with E-state index < -0.39 is 63.2 Å². The highest BCUT2D eigenvalue weighted by Gasteiger charge is 2.61. The number of pyridine rings is 1. The van der Waals surface area contributed by atoms with Crippen LogP contribution in [0.5, 0.6) is 11.5 Å². The SMILES string of the molecule is COC(=O)[C@@H](CC(=O)N1C[C@H](Oc2cc(-c3csc(NC(C)C)n3)nc3cc(OC)ccc23)C[C@H]1C(=O)N[C@]12C[C@H]1C=CCCCCCNc1ccccc1S(=O)(=O)NC2=O)CC(C)C. The highest BCUT2D eigenvalue weighted by Crippen LogP contribution is 2.46. The summed E-state index contributed by atoms with van der Waals surface area (Å²) < 4.78 is 47.4. The zero-order chi connectivity index (χ0) is 46.5. The van der Waals surface area contributed by atoms with E-state index in [1.54, 1.807) is 43.5 Å². The number of thiazole rings is 1. The second kappa shape index (κ2) is 20.2. The first-order valence-electron chi connectivity index (χ1n) is 22.2. The molecule has 7 rings (SSSR count). The molecule has 3 amide bonds. The number of nitrogens with zero attached hydrogens (tertiary/aromatic N) is 3. The number of hydrogen-bond acceptors (Lipinski definition) is 14. The van der Waals surface area contributed by atoms with E-state index in [1.165, 1.54) is 29.4 Å². The molecule has 4 heterocycles. The molecule has 2 aromatic carbocycles. The number of para-hydroxylation sites is 1. The fraction of sp³-hybridized carbons (Fsp3) is 0.489. The van der Waals surface area contributed by atoms with Crippen molar-refractivity contribution in [3.05, 3.63) is 66.1 Å². The van der Waals surface area contributed by atoms with E-state index in [4.69, 9.17) is 24.2 Å². The summed E-state index contributed by atoms with van der Waals surface area (Å²) in [4.78, 5) is 67.5. The molecule has 1 aliphatic carbocycles. The van der Waals surface area contributed by atoms with Crippen molar-refractivity contribution in [1.29, 1.82) is 0 Å². The number of likely N-dealkylation sites (tertiary alicyclic amines) is 1. The Morgan fingerprint density at radius 3 is 2.57 bits per heavy atom. The zero-order valence-corrected chi connectivity index (χ0v) is 39.4. The smallest absolute Gasteiger partial charge is 0.309 e. The third-order valence-corrected chi connectivity index (χ3v) is 14.1. The summed E-state index contributed by atoms with van der Waals surface area (Å²) in [5, 5.41) is 12.7. The Kier molecular flexibility index (Phi) is 14.7. The van der Waals surface area contributed by atoms with Gasteiger partial charge in [-0.05, 0) is 76.1 Å². The third-order valence-electron chi connectivity index (χ3n) is 11.9. The predicted octanol–water partition coefficient (Wildman–Crippen LogP) is 6.68. The number of methoxy groups -OCH3 is 2. The Morgan fingerprint density at radius 2 is 1.82 bits per heavy atom. The van der Waals surface area contributed by atoms with Gasteiger partial charge < -0.3 is 35.1 Å². The number of anilines is 2. The second-order valence-electron chi connectivity index (χ2n) is 17.7. The van der Waals surface area contributed by atoms with Crippen molar-refractivity contribution in [2.24, 2.45) is 17.8 Å². The largest absolute Gasteiger partial charge is 0.497 e. The van der Waals surface area contributed by atoms with E-state index >= 15 is 0 Å². The number of esters is 1. The molecule has 3 aliphatic rings. The number of ether oxygens (including phenoxy) is 3. The van der Waals surface area contributed by atoms with Gasteiger partial charge in [0.25, 0.3) is 15.9 Å². The van der Waals surface area contributed by atoms with Crippen LogP contribution >= 0.6 is 11.3 Å². The molecule has 1 saturated carbocycles. The van der Waals surface area contributed by atoms with Crippen LogP contribution in [0.2, 0.25) is 0 Å². The minimum Gasteiger partial charge on any atom is -0.497 e. The van der Waals surface area contributed by atoms with Gasteiger partial charge in [-0.3, -0.25) is 19.2 Å². The number of sulfonamides is 1. The lowest BCUT2D eigenvalue weighted by atomic mass is 9.93. The maximum Gasteiger partial charge on any atom is 0.309 e. The lowest BCUT2D eigenvalue weighted by Gasteiger charge is -2.28. The summed E-state index contributed by atoms with van der Waals surface area (Å²) in [6.07, 6.45) is 6.80. The molecule has 65 heavy (non-hydrogen) atoms. The molecule has 18 heteroatoms. The number of aromatic nitrogens is 2. The van der Waals surface area contributed by atoms with Gasteiger partial charge in [-0.1, -0.05) is 44.6 Å². The van der Waals surface area contributed by atoms with Crippen molar-refractivity contribution in [2.45, 2.75) is 108 Å². The van der Waals surface area contributed by atoms with Crippen molar-refractivity contribution in [2.75, 3.05) is 37.9 Å². The summed E-state index contributed by atoms with van der Waals surface area (Å²) >= 11 is 1.45. The number of fused-ring (bicyclic) bond motifs is 3. The molecule has 5 atom stereocenters. The van der Waals surface area contributed by atoms with Crippen LogP contribution in [-0.2, 0) is 33.9 Å². The number of benzene rings is 2. The normalized spacial score (nSPS) is 22.4. The van der Waals surface area contributed by atoms with Crippen molar-refractivity contribution in [3.8, 4) is 22.9 Å². The third kappa shape index (κ3) is 11.0. The van der Waals surface area contributed by atoms with E-state index in [2.05, 4.69) is 20.7 Å². The monoisotopic (exact) mass is 929 g/mol. The first-order chi connectivity index (χ1) is 31.1. The van der Waals surface area contributed by atoms with E-state index in [1.807, 2.05) is 51.3 Å². The summed E-state index contributed by atoms with van der Waals surface area (Å²) in [6.45, 7) is 8.47. The summed E-state index contributed by atoms with van der Waals surface area (Å²) in [5.41, 5.74) is 0.495. The lowest BCUT2D eigenvalue weighted by molar-refractivity contribution is -0.150. The van der Waals surface area contributed by atoms with Gasteiger partial charge in [-0.15, -0.1) is 11.3 Å². The van der Waals surface area contributed by atoms with Crippen molar-refractivity contribution < 1.29 is 41.8 Å². The van der Waals surface area contributed by atoms with Gasteiger partial charge >= 0.3 is 5.97 Å². The van der Waals surface area contributed by atoms with E-state index in [0.29, 0.717) is 52.4 Å². The Balaban J connectivity index is 1.21. The van der Waals surface area contributed by atoms with Crippen LogP contribution in [0.25, 0.3) is 22.3 Å². The van der Waals surface area contributed by atoms with Crippen LogP contribution in [0.1, 0.15) is 79.1 Å². The Hall–Kier alpha value is -5.75. The molecule has 4 N–H and O–H groups in total. The predicted molar refractivity (Wildman–Crippen MR) is 249 cm³/mol. The summed E-state index contributed by atoms with van der Waals surface area (Å²) in [6, 6.07) is 12.6. The van der Waals surface area contributed by atoms with E-state index in [9.17, 15) is 27.6 Å². The summed E-state index contributed by atoms with van der Waals surface area (Å²) in [7, 11) is -1.54. The van der Waals surface area contributed by atoms with Gasteiger partial charge in [0.15, 0.2) is 5.13 Å². The van der Waals surface area contributed by atoms with Crippen LogP contribution < -0.4 is 30.1 Å². The molecule has 0 radical (unpaired) electrons. The molecule has 348 valence electrons. The number of amides is 3.